The van der Waals surface area contributed by atoms with Crippen molar-refractivity contribution in [3.05, 3.63) is 17.5 Å². The summed E-state index contributed by atoms with van der Waals surface area (Å²) >= 11 is 0. The molecule has 1 rings (SSSR count). The highest BCUT2D eigenvalue weighted by molar-refractivity contribution is 5.93. The summed E-state index contributed by atoms with van der Waals surface area (Å²) in [5, 5.41) is 7.36. The van der Waals surface area contributed by atoms with E-state index in [1.807, 2.05) is 6.92 Å². The fourth-order valence-corrected chi connectivity index (χ4v) is 1.55. The first-order valence-electron chi connectivity index (χ1n) is 6.12. The molecule has 0 aliphatic rings. The highest BCUT2D eigenvalue weighted by Crippen LogP contribution is 2.06. The lowest BCUT2D eigenvalue weighted by Crippen LogP contribution is -2.28. The van der Waals surface area contributed by atoms with Crippen LogP contribution in [0.2, 0.25) is 0 Å². The standard InChI is InChI=1S/C12H21N5O/c1-4-17(5-2)6-7-18-12-15-9(3)8-10(16-12)11(13)14/h8H,4-7H2,1-3H3,(H3,13,14). The molecule has 1 aromatic heterocycles. The van der Waals surface area contributed by atoms with Crippen LogP contribution < -0.4 is 10.5 Å². The molecule has 0 amide bonds. The fourth-order valence-electron chi connectivity index (χ4n) is 1.55. The summed E-state index contributed by atoms with van der Waals surface area (Å²) in [6.45, 7) is 9.40. The SMILES string of the molecule is CCN(CC)CCOc1nc(C)cc(C(=N)N)n1. The molecule has 1 heterocycles. The molecule has 0 aliphatic carbocycles. The molecule has 0 spiro atoms. The Labute approximate surface area is 108 Å². The maximum Gasteiger partial charge on any atom is 0.317 e. The van der Waals surface area contributed by atoms with Gasteiger partial charge in [0.15, 0.2) is 0 Å². The molecule has 0 aliphatic heterocycles. The monoisotopic (exact) mass is 251 g/mol. The molecule has 0 unspecified atom stereocenters. The van der Waals surface area contributed by atoms with E-state index in [2.05, 4.69) is 28.7 Å². The van der Waals surface area contributed by atoms with Crippen LogP contribution >= 0.6 is 0 Å². The molecular formula is C12H21N5O. The van der Waals surface area contributed by atoms with Gasteiger partial charge >= 0.3 is 6.01 Å². The predicted molar refractivity (Wildman–Crippen MR) is 71.1 cm³/mol. The first kappa shape index (κ1) is 14.4. The number of nitrogen functional groups attached to an aromatic ring is 1. The highest BCUT2D eigenvalue weighted by Gasteiger charge is 2.06. The van der Waals surface area contributed by atoms with Crippen LogP contribution in [0.5, 0.6) is 6.01 Å². The lowest BCUT2D eigenvalue weighted by molar-refractivity contribution is 0.212. The molecule has 0 bridgehead atoms. The predicted octanol–water partition coefficient (Wildman–Crippen LogP) is 0.790. The molecule has 0 saturated carbocycles. The summed E-state index contributed by atoms with van der Waals surface area (Å²) in [7, 11) is 0. The van der Waals surface area contributed by atoms with Gasteiger partial charge in [-0.15, -0.1) is 0 Å². The van der Waals surface area contributed by atoms with Crippen LogP contribution in [0.25, 0.3) is 0 Å². The number of amidine groups is 1. The van der Waals surface area contributed by atoms with Crippen molar-refractivity contribution in [1.82, 2.24) is 14.9 Å². The summed E-state index contributed by atoms with van der Waals surface area (Å²) in [5.41, 5.74) is 6.55. The van der Waals surface area contributed by atoms with Gasteiger partial charge in [-0.05, 0) is 26.1 Å². The normalized spacial score (nSPS) is 10.7. The van der Waals surface area contributed by atoms with E-state index in [-0.39, 0.29) is 11.8 Å². The van der Waals surface area contributed by atoms with Crippen LogP contribution in [-0.2, 0) is 0 Å². The average molecular weight is 251 g/mol. The fraction of sp³-hybridized carbons (Fsp3) is 0.583. The summed E-state index contributed by atoms with van der Waals surface area (Å²) in [6, 6.07) is 1.95. The maximum atomic E-state index is 7.36. The van der Waals surface area contributed by atoms with Gasteiger partial charge < -0.3 is 15.4 Å². The highest BCUT2D eigenvalue weighted by atomic mass is 16.5. The van der Waals surface area contributed by atoms with Crippen molar-refractivity contribution in [3.63, 3.8) is 0 Å². The molecule has 3 N–H and O–H groups in total. The molecule has 0 fully saturated rings. The zero-order valence-corrected chi connectivity index (χ0v) is 11.2. The number of nitrogens with zero attached hydrogens (tertiary/aromatic N) is 3. The molecule has 18 heavy (non-hydrogen) atoms. The van der Waals surface area contributed by atoms with Crippen molar-refractivity contribution in [1.29, 1.82) is 5.41 Å². The summed E-state index contributed by atoms with van der Waals surface area (Å²) in [5.74, 6) is -0.0749. The number of hydrogen-bond donors (Lipinski definition) is 2. The molecule has 0 saturated heterocycles. The average Bonchev–Trinajstić information content (AvgIpc) is 2.34. The Balaban J connectivity index is 2.59. The third-order valence-corrected chi connectivity index (χ3v) is 2.64. The zero-order chi connectivity index (χ0) is 13.5. The second-order valence-electron chi connectivity index (χ2n) is 3.97. The molecular weight excluding hydrogens is 230 g/mol. The van der Waals surface area contributed by atoms with Crippen molar-refractivity contribution in [2.24, 2.45) is 5.73 Å². The Bertz CT molecular complexity index is 403. The largest absolute Gasteiger partial charge is 0.462 e. The van der Waals surface area contributed by atoms with Gasteiger partial charge in [-0.2, -0.15) is 4.98 Å². The van der Waals surface area contributed by atoms with Gasteiger partial charge in [-0.25, -0.2) is 4.98 Å². The Kier molecular flexibility index (Phi) is 5.51. The minimum atomic E-state index is -0.0749. The van der Waals surface area contributed by atoms with Crippen molar-refractivity contribution >= 4 is 5.84 Å². The Morgan fingerprint density at radius 2 is 2.06 bits per heavy atom. The molecule has 1 aromatic rings. The van der Waals surface area contributed by atoms with Crippen LogP contribution in [0.1, 0.15) is 25.2 Å². The minimum absolute atomic E-state index is 0.0749. The Morgan fingerprint density at radius 3 is 2.61 bits per heavy atom. The molecule has 100 valence electrons. The Hall–Kier alpha value is -1.69. The summed E-state index contributed by atoms with van der Waals surface area (Å²) in [6.07, 6.45) is 0. The third-order valence-electron chi connectivity index (χ3n) is 2.64. The van der Waals surface area contributed by atoms with Crippen LogP contribution in [0.4, 0.5) is 0 Å². The maximum absolute atomic E-state index is 7.36. The van der Waals surface area contributed by atoms with E-state index >= 15 is 0 Å². The van der Waals surface area contributed by atoms with Gasteiger partial charge in [-0.3, -0.25) is 5.41 Å². The van der Waals surface area contributed by atoms with Crippen molar-refractivity contribution in [2.75, 3.05) is 26.2 Å². The number of aryl methyl sites for hydroxylation is 1. The van der Waals surface area contributed by atoms with Gasteiger partial charge in [0.1, 0.15) is 18.1 Å². The first-order valence-corrected chi connectivity index (χ1v) is 6.12. The molecule has 0 radical (unpaired) electrons. The van der Waals surface area contributed by atoms with Crippen LogP contribution in [0, 0.1) is 12.3 Å². The number of nitrogens with one attached hydrogen (secondary N) is 1. The minimum Gasteiger partial charge on any atom is -0.462 e. The summed E-state index contributed by atoms with van der Waals surface area (Å²) < 4.78 is 5.50. The zero-order valence-electron chi connectivity index (χ0n) is 11.2. The lowest BCUT2D eigenvalue weighted by Gasteiger charge is -2.17. The Morgan fingerprint density at radius 1 is 1.39 bits per heavy atom. The number of likely N-dealkylation sites (N-methyl/N-ethyl adjacent to an activating group) is 1. The number of rotatable bonds is 7. The number of nitrogens with two attached hydrogens (primary N) is 1. The number of hydrogen-bond acceptors (Lipinski definition) is 5. The third kappa shape index (κ3) is 4.29. The van der Waals surface area contributed by atoms with E-state index < -0.39 is 0 Å². The van der Waals surface area contributed by atoms with Crippen molar-refractivity contribution < 1.29 is 4.74 Å². The molecule has 0 aromatic carbocycles. The van der Waals surface area contributed by atoms with Crippen LogP contribution in [-0.4, -0.2) is 46.9 Å². The summed E-state index contributed by atoms with van der Waals surface area (Å²) in [4.78, 5) is 10.5. The van der Waals surface area contributed by atoms with E-state index in [0.29, 0.717) is 12.3 Å². The van der Waals surface area contributed by atoms with Gasteiger partial charge in [0, 0.05) is 12.2 Å². The van der Waals surface area contributed by atoms with Crippen LogP contribution in [0.15, 0.2) is 6.07 Å². The second-order valence-corrected chi connectivity index (χ2v) is 3.97. The second kappa shape index (κ2) is 6.90. The van der Waals surface area contributed by atoms with Crippen molar-refractivity contribution in [2.45, 2.75) is 20.8 Å². The van der Waals surface area contributed by atoms with Crippen LogP contribution in [0.3, 0.4) is 0 Å². The van der Waals surface area contributed by atoms with E-state index in [4.69, 9.17) is 15.9 Å². The lowest BCUT2D eigenvalue weighted by atomic mass is 10.3. The molecule has 6 nitrogen and oxygen atoms in total. The number of aromatic nitrogens is 2. The van der Waals surface area contributed by atoms with Gasteiger partial charge in [0.25, 0.3) is 0 Å². The van der Waals surface area contributed by atoms with E-state index in [1.54, 1.807) is 6.07 Å². The van der Waals surface area contributed by atoms with Gasteiger partial charge in [0.2, 0.25) is 0 Å². The van der Waals surface area contributed by atoms with E-state index in [0.717, 1.165) is 25.3 Å². The van der Waals surface area contributed by atoms with E-state index in [1.165, 1.54) is 0 Å². The number of ether oxygens (including phenoxy) is 1. The van der Waals surface area contributed by atoms with Crippen molar-refractivity contribution in [3.8, 4) is 6.01 Å². The van der Waals surface area contributed by atoms with E-state index in [9.17, 15) is 0 Å². The van der Waals surface area contributed by atoms with Gasteiger partial charge in [-0.1, -0.05) is 13.8 Å². The molecule has 0 atom stereocenters. The quantitative estimate of drug-likeness (QED) is 0.552. The first-order chi connectivity index (χ1) is 8.56. The molecule has 6 heteroatoms. The van der Waals surface area contributed by atoms with Gasteiger partial charge in [0.05, 0.1) is 0 Å². The topological polar surface area (TPSA) is 88.1 Å². The smallest absolute Gasteiger partial charge is 0.317 e.